The topological polar surface area (TPSA) is 79.1 Å². The molecule has 0 spiro atoms. The molecule has 0 radical (unpaired) electrons. The number of esters is 1. The lowest BCUT2D eigenvalue weighted by Crippen LogP contribution is -2.39. The molecule has 2 aromatic carbocycles. The Morgan fingerprint density at radius 1 is 1.19 bits per heavy atom. The minimum Gasteiger partial charge on any atom is -0.496 e. The minimum atomic E-state index is -0.677. The second-order valence-corrected chi connectivity index (χ2v) is 9.21. The van der Waals surface area contributed by atoms with E-state index in [-0.39, 0.29) is 12.2 Å². The van der Waals surface area contributed by atoms with E-state index in [9.17, 15) is 9.59 Å². The summed E-state index contributed by atoms with van der Waals surface area (Å²) in [6, 6.07) is 12.4. The molecule has 3 aromatic rings. The first-order valence-corrected chi connectivity index (χ1v) is 12.4. The summed E-state index contributed by atoms with van der Waals surface area (Å²) in [4.78, 5) is 31.9. The number of benzene rings is 2. The molecule has 8 heteroatoms. The molecule has 0 unspecified atom stereocenters. The molecule has 0 N–H and O–H groups in total. The first-order valence-electron chi connectivity index (χ1n) is 11.6. The van der Waals surface area contributed by atoms with E-state index < -0.39 is 12.0 Å². The van der Waals surface area contributed by atoms with Crippen molar-refractivity contribution in [2.75, 3.05) is 20.3 Å². The zero-order valence-electron chi connectivity index (χ0n) is 20.7. The van der Waals surface area contributed by atoms with Crippen LogP contribution in [0.2, 0.25) is 0 Å². The van der Waals surface area contributed by atoms with Crippen molar-refractivity contribution in [3.8, 4) is 11.5 Å². The lowest BCUT2D eigenvalue weighted by molar-refractivity contribution is -0.139. The van der Waals surface area contributed by atoms with Crippen LogP contribution in [0.3, 0.4) is 0 Å². The van der Waals surface area contributed by atoms with E-state index in [1.54, 1.807) is 31.6 Å². The molecule has 0 saturated carbocycles. The molecule has 36 heavy (non-hydrogen) atoms. The highest BCUT2D eigenvalue weighted by molar-refractivity contribution is 7.07. The van der Waals surface area contributed by atoms with Gasteiger partial charge in [-0.1, -0.05) is 48.3 Å². The molecule has 0 bridgehead atoms. The number of allylic oxidation sites excluding steroid dienone is 1. The summed E-state index contributed by atoms with van der Waals surface area (Å²) in [5.41, 5.74) is 3.23. The fourth-order valence-corrected chi connectivity index (χ4v) is 5.13. The Hall–Kier alpha value is -3.91. The molecule has 0 saturated heterocycles. The van der Waals surface area contributed by atoms with Crippen LogP contribution in [-0.4, -0.2) is 30.9 Å². The van der Waals surface area contributed by atoms with Gasteiger partial charge in [0.25, 0.3) is 5.56 Å². The zero-order valence-corrected chi connectivity index (χ0v) is 21.6. The van der Waals surface area contributed by atoms with Gasteiger partial charge in [0.1, 0.15) is 18.1 Å². The fraction of sp³-hybridized carbons (Fsp3) is 0.250. The third-order valence-corrected chi connectivity index (χ3v) is 6.79. The van der Waals surface area contributed by atoms with Gasteiger partial charge in [-0.05, 0) is 61.7 Å². The maximum absolute atomic E-state index is 13.7. The van der Waals surface area contributed by atoms with Crippen LogP contribution in [0.5, 0.6) is 11.5 Å². The van der Waals surface area contributed by atoms with Gasteiger partial charge in [0.2, 0.25) is 0 Å². The van der Waals surface area contributed by atoms with Crippen LogP contribution >= 0.6 is 11.3 Å². The number of carbonyl (C=O) groups is 1. The Balaban J connectivity index is 1.88. The summed E-state index contributed by atoms with van der Waals surface area (Å²) in [6.45, 7) is 9.74. The summed E-state index contributed by atoms with van der Waals surface area (Å²) in [7, 11) is 1.62. The predicted octanol–water partition coefficient (Wildman–Crippen LogP) is 3.68. The van der Waals surface area contributed by atoms with Crippen LogP contribution in [0.25, 0.3) is 6.08 Å². The number of fused-ring (bicyclic) bond motifs is 1. The Morgan fingerprint density at radius 3 is 2.61 bits per heavy atom. The number of nitrogens with zero attached hydrogens (tertiary/aromatic N) is 2. The fourth-order valence-electron chi connectivity index (χ4n) is 4.09. The van der Waals surface area contributed by atoms with Gasteiger partial charge in [0.15, 0.2) is 4.80 Å². The molecule has 0 aliphatic carbocycles. The van der Waals surface area contributed by atoms with E-state index in [0.29, 0.717) is 33.0 Å². The van der Waals surface area contributed by atoms with Gasteiger partial charge in [0.05, 0.1) is 35.6 Å². The smallest absolute Gasteiger partial charge is 0.338 e. The van der Waals surface area contributed by atoms with Crippen molar-refractivity contribution in [2.45, 2.75) is 26.8 Å². The maximum atomic E-state index is 13.7. The monoisotopic (exact) mass is 504 g/mol. The second kappa shape index (κ2) is 10.8. The van der Waals surface area contributed by atoms with Gasteiger partial charge in [-0.2, -0.15) is 0 Å². The van der Waals surface area contributed by atoms with Gasteiger partial charge < -0.3 is 14.2 Å². The highest BCUT2D eigenvalue weighted by Gasteiger charge is 2.33. The molecule has 1 aromatic heterocycles. The molecule has 1 atom stereocenters. The van der Waals surface area contributed by atoms with Gasteiger partial charge in [0, 0.05) is 0 Å². The number of thiazole rings is 1. The average molecular weight is 505 g/mol. The quantitative estimate of drug-likeness (QED) is 0.345. The molecule has 0 amide bonds. The summed E-state index contributed by atoms with van der Waals surface area (Å²) in [6.07, 6.45) is 3.48. The number of methoxy groups -OCH3 is 1. The van der Waals surface area contributed by atoms with Crippen LogP contribution < -0.4 is 24.4 Å². The second-order valence-electron chi connectivity index (χ2n) is 8.20. The standard InChI is InChI=1S/C28H28N2O5S/c1-6-14-35-21-12-10-20(11-13-21)25-24(27(32)34-7-2)18(4)29-28-30(25)26(31)23(36-28)16-19-9-8-17(3)22(15-19)33-5/h6,8-13,15-16,25H,1,7,14H2,2-5H3/b23-16-/t25-/m0/s1. The van der Waals surface area contributed by atoms with Crippen LogP contribution in [0.1, 0.15) is 36.6 Å². The first kappa shape index (κ1) is 25.2. The van der Waals surface area contributed by atoms with Crippen molar-refractivity contribution >= 4 is 23.4 Å². The Kier molecular flexibility index (Phi) is 7.55. The number of rotatable bonds is 8. The summed E-state index contributed by atoms with van der Waals surface area (Å²) >= 11 is 1.28. The molecule has 0 fully saturated rings. The Bertz CT molecular complexity index is 1510. The van der Waals surface area contributed by atoms with Crippen LogP contribution in [0.4, 0.5) is 0 Å². The van der Waals surface area contributed by atoms with Gasteiger partial charge in [-0.15, -0.1) is 0 Å². The predicted molar refractivity (Wildman–Crippen MR) is 140 cm³/mol. The zero-order chi connectivity index (χ0) is 25.8. The SMILES string of the molecule is C=CCOc1ccc([C@H]2C(C(=O)OCC)=C(C)N=c3s/c(=C\c4ccc(C)c(OC)c4)c(=O)n32)cc1. The van der Waals surface area contributed by atoms with Crippen molar-refractivity contribution in [1.29, 1.82) is 0 Å². The minimum absolute atomic E-state index is 0.219. The molecule has 2 heterocycles. The number of carbonyl (C=O) groups excluding carboxylic acids is 1. The Labute approximate surface area is 213 Å². The number of aromatic nitrogens is 1. The van der Waals surface area contributed by atoms with Gasteiger partial charge >= 0.3 is 5.97 Å². The van der Waals surface area contributed by atoms with E-state index in [4.69, 9.17) is 14.2 Å². The third kappa shape index (κ3) is 4.90. The van der Waals surface area contributed by atoms with E-state index in [1.165, 1.54) is 11.3 Å². The summed E-state index contributed by atoms with van der Waals surface area (Å²) < 4.78 is 18.5. The highest BCUT2D eigenvalue weighted by atomic mass is 32.1. The molecule has 1 aliphatic heterocycles. The van der Waals surface area contributed by atoms with Crippen LogP contribution in [0, 0.1) is 6.92 Å². The molecular formula is C28H28N2O5S. The van der Waals surface area contributed by atoms with Gasteiger partial charge in [-0.3, -0.25) is 9.36 Å². The van der Waals surface area contributed by atoms with E-state index in [2.05, 4.69) is 11.6 Å². The van der Waals surface area contributed by atoms with Crippen molar-refractivity contribution < 1.29 is 19.0 Å². The first-order chi connectivity index (χ1) is 17.4. The third-order valence-electron chi connectivity index (χ3n) is 5.81. The Morgan fingerprint density at radius 2 is 1.94 bits per heavy atom. The molecule has 186 valence electrons. The average Bonchev–Trinajstić information content (AvgIpc) is 3.17. The number of aryl methyl sites for hydroxylation is 1. The molecule has 1 aliphatic rings. The largest absolute Gasteiger partial charge is 0.496 e. The van der Waals surface area contributed by atoms with Crippen molar-refractivity contribution in [2.24, 2.45) is 4.99 Å². The van der Waals surface area contributed by atoms with Gasteiger partial charge in [-0.25, -0.2) is 9.79 Å². The number of hydrogen-bond acceptors (Lipinski definition) is 7. The number of hydrogen-bond donors (Lipinski definition) is 0. The lowest BCUT2D eigenvalue weighted by Gasteiger charge is -2.24. The highest BCUT2D eigenvalue weighted by Crippen LogP contribution is 2.31. The van der Waals surface area contributed by atoms with Crippen LogP contribution in [-0.2, 0) is 9.53 Å². The van der Waals surface area contributed by atoms with E-state index >= 15 is 0 Å². The molecular weight excluding hydrogens is 476 g/mol. The lowest BCUT2D eigenvalue weighted by atomic mass is 9.96. The van der Waals surface area contributed by atoms with E-state index in [0.717, 1.165) is 22.4 Å². The van der Waals surface area contributed by atoms with Crippen LogP contribution in [0.15, 0.2) is 76.2 Å². The maximum Gasteiger partial charge on any atom is 0.338 e. The molecule has 4 rings (SSSR count). The number of ether oxygens (including phenoxy) is 3. The van der Waals surface area contributed by atoms with Crippen molar-refractivity contribution in [3.63, 3.8) is 0 Å². The van der Waals surface area contributed by atoms with Crippen molar-refractivity contribution in [3.05, 3.63) is 103 Å². The van der Waals surface area contributed by atoms with E-state index in [1.807, 2.05) is 55.5 Å². The normalized spacial score (nSPS) is 15.2. The van der Waals surface area contributed by atoms with Crippen molar-refractivity contribution in [1.82, 2.24) is 4.57 Å². The summed E-state index contributed by atoms with van der Waals surface area (Å²) in [5.74, 6) is 0.916. The summed E-state index contributed by atoms with van der Waals surface area (Å²) in [5, 5.41) is 0. The molecule has 7 nitrogen and oxygen atoms in total.